The first-order valence-electron chi connectivity index (χ1n) is 7.90. The molecule has 0 aromatic heterocycles. The summed E-state index contributed by atoms with van der Waals surface area (Å²) in [5.74, 6) is 0.682. The van der Waals surface area contributed by atoms with Gasteiger partial charge in [-0.1, -0.05) is 20.3 Å². The van der Waals surface area contributed by atoms with Crippen LogP contribution in [0.2, 0.25) is 0 Å². The fourth-order valence-corrected chi connectivity index (χ4v) is 3.71. The van der Waals surface area contributed by atoms with Gasteiger partial charge in [-0.25, -0.2) is 0 Å². The van der Waals surface area contributed by atoms with E-state index in [0.29, 0.717) is 12.0 Å². The van der Waals surface area contributed by atoms with Crippen molar-refractivity contribution in [1.29, 1.82) is 0 Å². The Morgan fingerprint density at radius 1 is 1.00 bits per heavy atom. The normalized spacial score (nSPS) is 26.7. The van der Waals surface area contributed by atoms with Gasteiger partial charge < -0.3 is 10.6 Å². The van der Waals surface area contributed by atoms with E-state index in [-0.39, 0.29) is 0 Å². The van der Waals surface area contributed by atoms with Crippen LogP contribution >= 0.6 is 0 Å². The molecule has 0 aromatic carbocycles. The maximum atomic E-state index is 5.93. The van der Waals surface area contributed by atoms with E-state index in [1.807, 2.05) is 0 Å². The van der Waals surface area contributed by atoms with Crippen molar-refractivity contribution in [3.8, 4) is 0 Å². The molecule has 0 amide bonds. The van der Waals surface area contributed by atoms with Crippen LogP contribution in [0, 0.1) is 5.92 Å². The van der Waals surface area contributed by atoms with Gasteiger partial charge in [0.15, 0.2) is 0 Å². The summed E-state index contributed by atoms with van der Waals surface area (Å²) in [7, 11) is 0. The number of nitrogens with zero attached hydrogens (tertiary/aromatic N) is 2. The molecule has 2 heterocycles. The summed E-state index contributed by atoms with van der Waals surface area (Å²) in [5, 5.41) is 0. The molecule has 2 aliphatic rings. The van der Waals surface area contributed by atoms with E-state index in [9.17, 15) is 0 Å². The summed E-state index contributed by atoms with van der Waals surface area (Å²) in [5.41, 5.74) is 5.93. The van der Waals surface area contributed by atoms with Gasteiger partial charge in [0.1, 0.15) is 0 Å². The highest BCUT2D eigenvalue weighted by Gasteiger charge is 2.29. The van der Waals surface area contributed by atoms with Gasteiger partial charge >= 0.3 is 0 Å². The minimum absolute atomic E-state index is 0.590. The smallest absolute Gasteiger partial charge is 0.0241 e. The van der Waals surface area contributed by atoms with Crippen LogP contribution in [0.25, 0.3) is 0 Å². The van der Waals surface area contributed by atoms with Gasteiger partial charge in [0.25, 0.3) is 0 Å². The molecule has 0 bridgehead atoms. The molecule has 2 fully saturated rings. The van der Waals surface area contributed by atoms with Crippen molar-refractivity contribution in [2.24, 2.45) is 11.7 Å². The fourth-order valence-electron chi connectivity index (χ4n) is 3.71. The summed E-state index contributed by atoms with van der Waals surface area (Å²) in [6.07, 6.45) is 6.97. The molecule has 2 saturated heterocycles. The number of hydrogen-bond donors (Lipinski definition) is 1. The van der Waals surface area contributed by atoms with Gasteiger partial charge in [0.05, 0.1) is 0 Å². The summed E-state index contributed by atoms with van der Waals surface area (Å²) in [6.45, 7) is 10.6. The molecule has 0 aromatic rings. The minimum Gasteiger partial charge on any atom is -0.329 e. The second-order valence-corrected chi connectivity index (χ2v) is 6.41. The molecule has 2 aliphatic heterocycles. The first kappa shape index (κ1) is 14.3. The zero-order valence-electron chi connectivity index (χ0n) is 12.3. The van der Waals surface area contributed by atoms with Crippen LogP contribution in [0.4, 0.5) is 0 Å². The maximum absolute atomic E-state index is 5.93. The predicted molar refractivity (Wildman–Crippen MR) is 77.7 cm³/mol. The Morgan fingerprint density at radius 2 is 1.61 bits per heavy atom. The molecule has 1 unspecified atom stereocenters. The monoisotopic (exact) mass is 253 g/mol. The van der Waals surface area contributed by atoms with Gasteiger partial charge in [-0.3, -0.25) is 4.90 Å². The van der Waals surface area contributed by atoms with Crippen LogP contribution in [0.5, 0.6) is 0 Å². The average Bonchev–Trinajstić information content (AvgIpc) is 2.41. The van der Waals surface area contributed by atoms with Gasteiger partial charge in [-0.2, -0.15) is 0 Å². The molecule has 1 atom stereocenters. The Balaban J connectivity index is 1.79. The third kappa shape index (κ3) is 3.46. The van der Waals surface area contributed by atoms with Crippen molar-refractivity contribution in [2.75, 3.05) is 32.7 Å². The van der Waals surface area contributed by atoms with Gasteiger partial charge in [-0.05, 0) is 57.8 Å². The molecular formula is C15H31N3. The Kier molecular flexibility index (Phi) is 5.46. The van der Waals surface area contributed by atoms with Crippen molar-refractivity contribution >= 4 is 0 Å². The van der Waals surface area contributed by atoms with Crippen molar-refractivity contribution in [3.05, 3.63) is 0 Å². The Bertz CT molecular complexity index is 228. The van der Waals surface area contributed by atoms with Crippen molar-refractivity contribution in [3.63, 3.8) is 0 Å². The second kappa shape index (κ2) is 6.88. The number of nitrogens with two attached hydrogens (primary N) is 1. The molecule has 0 radical (unpaired) electrons. The van der Waals surface area contributed by atoms with E-state index in [4.69, 9.17) is 5.73 Å². The van der Waals surface area contributed by atoms with E-state index in [2.05, 4.69) is 23.6 Å². The average molecular weight is 253 g/mol. The molecule has 18 heavy (non-hydrogen) atoms. The lowest BCUT2D eigenvalue weighted by Gasteiger charge is -2.43. The number of hydrogen-bond acceptors (Lipinski definition) is 3. The first-order chi connectivity index (χ1) is 8.72. The molecule has 2 rings (SSSR count). The van der Waals surface area contributed by atoms with Crippen LogP contribution in [0.15, 0.2) is 0 Å². The van der Waals surface area contributed by atoms with Crippen LogP contribution in [-0.2, 0) is 0 Å². The van der Waals surface area contributed by atoms with Crippen LogP contribution in [0.1, 0.15) is 46.0 Å². The Hall–Kier alpha value is -0.120. The van der Waals surface area contributed by atoms with E-state index >= 15 is 0 Å². The summed E-state index contributed by atoms with van der Waals surface area (Å²) in [4.78, 5) is 5.37. The zero-order valence-corrected chi connectivity index (χ0v) is 12.3. The summed E-state index contributed by atoms with van der Waals surface area (Å²) in [6, 6.07) is 1.44. The summed E-state index contributed by atoms with van der Waals surface area (Å²) >= 11 is 0. The van der Waals surface area contributed by atoms with Crippen molar-refractivity contribution in [2.45, 2.75) is 58.0 Å². The van der Waals surface area contributed by atoms with Gasteiger partial charge in [0, 0.05) is 18.6 Å². The van der Waals surface area contributed by atoms with Crippen LogP contribution in [0.3, 0.4) is 0 Å². The molecule has 106 valence electrons. The lowest BCUT2D eigenvalue weighted by molar-refractivity contribution is 0.0619. The predicted octanol–water partition coefficient (Wildman–Crippen LogP) is 1.92. The topological polar surface area (TPSA) is 32.5 Å². The number of rotatable bonds is 4. The zero-order chi connectivity index (χ0) is 13.0. The van der Waals surface area contributed by atoms with E-state index < -0.39 is 0 Å². The van der Waals surface area contributed by atoms with Gasteiger partial charge in [-0.15, -0.1) is 0 Å². The van der Waals surface area contributed by atoms with Crippen LogP contribution in [-0.4, -0.2) is 54.6 Å². The van der Waals surface area contributed by atoms with Crippen molar-refractivity contribution in [1.82, 2.24) is 9.80 Å². The second-order valence-electron chi connectivity index (χ2n) is 6.41. The highest BCUT2D eigenvalue weighted by Crippen LogP contribution is 2.23. The van der Waals surface area contributed by atoms with E-state index in [0.717, 1.165) is 12.6 Å². The lowest BCUT2D eigenvalue weighted by atomic mass is 9.95. The van der Waals surface area contributed by atoms with E-state index in [1.54, 1.807) is 0 Å². The molecule has 3 heteroatoms. The molecule has 0 saturated carbocycles. The third-order valence-corrected chi connectivity index (χ3v) is 4.89. The molecule has 2 N–H and O–H groups in total. The third-order valence-electron chi connectivity index (χ3n) is 4.89. The molecule has 3 nitrogen and oxygen atoms in total. The van der Waals surface area contributed by atoms with Crippen LogP contribution < -0.4 is 5.73 Å². The van der Waals surface area contributed by atoms with E-state index in [1.165, 1.54) is 58.3 Å². The van der Waals surface area contributed by atoms with Crippen molar-refractivity contribution < 1.29 is 0 Å². The quantitative estimate of drug-likeness (QED) is 0.831. The lowest BCUT2D eigenvalue weighted by Crippen LogP contribution is -2.52. The first-order valence-corrected chi connectivity index (χ1v) is 7.90. The summed E-state index contributed by atoms with van der Waals surface area (Å²) < 4.78 is 0. The molecule has 0 spiro atoms. The van der Waals surface area contributed by atoms with Gasteiger partial charge in [0.2, 0.25) is 0 Å². The highest BCUT2D eigenvalue weighted by atomic mass is 15.2. The SMILES string of the molecule is CC(C)C(CN)N1CCC(N2CCCCC2)CC1. The molecular weight excluding hydrogens is 222 g/mol. The fraction of sp³-hybridized carbons (Fsp3) is 1.00. The standard InChI is InChI=1S/C15H31N3/c1-13(2)15(12-16)18-10-6-14(7-11-18)17-8-4-3-5-9-17/h13-15H,3-12,16H2,1-2H3. The Labute approximate surface area is 113 Å². The largest absolute Gasteiger partial charge is 0.329 e. The Morgan fingerprint density at radius 3 is 2.11 bits per heavy atom. The molecule has 0 aliphatic carbocycles. The maximum Gasteiger partial charge on any atom is 0.0241 e. The highest BCUT2D eigenvalue weighted by molar-refractivity contribution is 4.85. The number of likely N-dealkylation sites (tertiary alicyclic amines) is 2. The minimum atomic E-state index is 0.590. The number of piperidine rings is 2.